The first-order valence-corrected chi connectivity index (χ1v) is 3.83. The fourth-order valence-corrected chi connectivity index (χ4v) is 0.565. The number of carbonyl (C=O) groups is 1. The molecule has 0 aliphatic heterocycles. The third-order valence-electron chi connectivity index (χ3n) is 1.30. The molecule has 0 rings (SSSR count). The highest BCUT2D eigenvalue weighted by Crippen LogP contribution is 1.96. The summed E-state index contributed by atoms with van der Waals surface area (Å²) < 4.78 is 4.71. The lowest BCUT2D eigenvalue weighted by atomic mass is 10.2. The molecular weight excluding hydrogens is 156 g/mol. The average Bonchev–Trinajstić information content (AvgIpc) is 2.07. The molecule has 0 bridgehead atoms. The van der Waals surface area contributed by atoms with Gasteiger partial charge in [0.25, 0.3) is 0 Å². The molecule has 0 saturated heterocycles. The molecular formula is C8H12N2O2. The van der Waals surface area contributed by atoms with Crippen LogP contribution in [-0.4, -0.2) is 18.8 Å². The highest BCUT2D eigenvalue weighted by Gasteiger charge is 2.15. The van der Waals surface area contributed by atoms with Crippen LogP contribution in [0.1, 0.15) is 19.8 Å². The van der Waals surface area contributed by atoms with E-state index in [1.165, 1.54) is 0 Å². The van der Waals surface area contributed by atoms with E-state index in [1.54, 1.807) is 6.07 Å². The molecule has 0 aliphatic carbocycles. The molecule has 0 aliphatic rings. The number of nitrogens with one attached hydrogen (secondary N) is 1. The second kappa shape index (κ2) is 6.35. The van der Waals surface area contributed by atoms with Crippen LogP contribution >= 0.6 is 0 Å². The minimum atomic E-state index is -1.04. The van der Waals surface area contributed by atoms with Crippen molar-refractivity contribution in [1.29, 1.82) is 10.7 Å². The van der Waals surface area contributed by atoms with Crippen LogP contribution in [0.5, 0.6) is 0 Å². The molecule has 0 aromatic carbocycles. The van der Waals surface area contributed by atoms with Gasteiger partial charge in [0.15, 0.2) is 5.92 Å². The summed E-state index contributed by atoms with van der Waals surface area (Å²) >= 11 is 0. The van der Waals surface area contributed by atoms with E-state index in [2.05, 4.69) is 0 Å². The molecule has 0 aromatic heterocycles. The van der Waals surface area contributed by atoms with Crippen LogP contribution in [0.15, 0.2) is 0 Å². The first-order valence-electron chi connectivity index (χ1n) is 3.83. The highest BCUT2D eigenvalue weighted by molar-refractivity contribution is 5.91. The van der Waals surface area contributed by atoms with Gasteiger partial charge >= 0.3 is 5.97 Å². The first-order chi connectivity index (χ1) is 5.76. The summed E-state index contributed by atoms with van der Waals surface area (Å²) in [5.74, 6) is -1.66. The molecule has 0 radical (unpaired) electrons. The predicted octanol–water partition coefficient (Wildman–Crippen LogP) is 1.12. The Labute approximate surface area is 71.6 Å². The van der Waals surface area contributed by atoms with E-state index in [0.717, 1.165) is 19.1 Å². The molecule has 1 unspecified atom stereocenters. The lowest BCUT2D eigenvalue weighted by molar-refractivity contribution is -0.144. The van der Waals surface area contributed by atoms with Crippen molar-refractivity contribution in [2.75, 3.05) is 6.61 Å². The number of nitriles is 1. The van der Waals surface area contributed by atoms with Crippen LogP contribution < -0.4 is 0 Å². The zero-order valence-corrected chi connectivity index (χ0v) is 7.04. The van der Waals surface area contributed by atoms with Gasteiger partial charge in [0.05, 0.1) is 12.7 Å². The summed E-state index contributed by atoms with van der Waals surface area (Å²) in [7, 11) is 0. The summed E-state index contributed by atoms with van der Waals surface area (Å²) in [6.45, 7) is 2.31. The van der Waals surface area contributed by atoms with Crippen molar-refractivity contribution in [3.8, 4) is 6.07 Å². The summed E-state index contributed by atoms with van der Waals surface area (Å²) in [5, 5.41) is 15.1. The number of hydrogen-bond acceptors (Lipinski definition) is 4. The van der Waals surface area contributed by atoms with Crippen molar-refractivity contribution in [3.63, 3.8) is 0 Å². The van der Waals surface area contributed by atoms with Crippen LogP contribution in [0.2, 0.25) is 0 Å². The van der Waals surface area contributed by atoms with Crippen LogP contribution in [0.25, 0.3) is 0 Å². The molecule has 4 nitrogen and oxygen atoms in total. The van der Waals surface area contributed by atoms with Gasteiger partial charge in [-0.1, -0.05) is 13.3 Å². The Hall–Kier alpha value is -1.37. The minimum absolute atomic E-state index is 0.335. The lowest BCUT2D eigenvalue weighted by Gasteiger charge is -2.03. The number of esters is 1. The Morgan fingerprint density at radius 3 is 2.92 bits per heavy atom. The van der Waals surface area contributed by atoms with Gasteiger partial charge in [-0.2, -0.15) is 5.26 Å². The maximum atomic E-state index is 10.9. The van der Waals surface area contributed by atoms with E-state index in [1.807, 2.05) is 6.92 Å². The number of rotatable bonds is 5. The fraction of sp³-hybridized carbons (Fsp3) is 0.625. The fourth-order valence-electron chi connectivity index (χ4n) is 0.565. The van der Waals surface area contributed by atoms with Gasteiger partial charge < -0.3 is 10.1 Å². The number of nitrogens with zero attached hydrogens (tertiary/aromatic N) is 1. The lowest BCUT2D eigenvalue weighted by Crippen LogP contribution is -2.17. The molecule has 4 heteroatoms. The van der Waals surface area contributed by atoms with Crippen LogP contribution in [-0.2, 0) is 9.53 Å². The number of carbonyl (C=O) groups excluding carboxylic acids is 1. The van der Waals surface area contributed by atoms with E-state index in [0.29, 0.717) is 6.61 Å². The normalized spacial score (nSPS) is 11.3. The molecule has 0 amide bonds. The van der Waals surface area contributed by atoms with Gasteiger partial charge in [0, 0.05) is 6.21 Å². The second-order valence-corrected chi connectivity index (χ2v) is 2.29. The zero-order valence-electron chi connectivity index (χ0n) is 7.04. The van der Waals surface area contributed by atoms with Gasteiger partial charge in [0.1, 0.15) is 0 Å². The Bertz CT molecular complexity index is 196. The van der Waals surface area contributed by atoms with Crippen molar-refractivity contribution in [2.45, 2.75) is 19.8 Å². The van der Waals surface area contributed by atoms with Crippen molar-refractivity contribution < 1.29 is 9.53 Å². The summed E-state index contributed by atoms with van der Waals surface area (Å²) in [5.41, 5.74) is 0. The van der Waals surface area contributed by atoms with Gasteiger partial charge in [-0.3, -0.25) is 4.79 Å². The van der Waals surface area contributed by atoms with Crippen LogP contribution in [0.4, 0.5) is 0 Å². The summed E-state index contributed by atoms with van der Waals surface area (Å²) in [6, 6.07) is 1.66. The van der Waals surface area contributed by atoms with E-state index >= 15 is 0 Å². The standard InChI is InChI=1S/C8H12N2O2/c1-2-3-4-12-8(11)7(5-9)6-10/h5,7,9H,2-4H2,1H3. The van der Waals surface area contributed by atoms with E-state index < -0.39 is 11.9 Å². The SMILES string of the molecule is CCCCOC(=O)C(C#N)C=N. The molecule has 0 aromatic rings. The van der Waals surface area contributed by atoms with Crippen LogP contribution in [0, 0.1) is 22.7 Å². The van der Waals surface area contributed by atoms with E-state index in [4.69, 9.17) is 15.4 Å². The third-order valence-corrected chi connectivity index (χ3v) is 1.30. The average molecular weight is 168 g/mol. The Morgan fingerprint density at radius 2 is 2.50 bits per heavy atom. The van der Waals surface area contributed by atoms with Crippen molar-refractivity contribution in [3.05, 3.63) is 0 Å². The van der Waals surface area contributed by atoms with Crippen molar-refractivity contribution >= 4 is 12.2 Å². The quantitative estimate of drug-likeness (QED) is 0.379. The molecule has 0 heterocycles. The largest absolute Gasteiger partial charge is 0.464 e. The molecule has 0 fully saturated rings. The monoisotopic (exact) mass is 168 g/mol. The number of ether oxygens (including phenoxy) is 1. The molecule has 1 atom stereocenters. The maximum absolute atomic E-state index is 10.9. The van der Waals surface area contributed by atoms with Gasteiger partial charge in [-0.05, 0) is 6.42 Å². The number of hydrogen-bond donors (Lipinski definition) is 1. The van der Waals surface area contributed by atoms with Gasteiger partial charge in [-0.25, -0.2) is 0 Å². The third kappa shape index (κ3) is 3.71. The molecule has 12 heavy (non-hydrogen) atoms. The predicted molar refractivity (Wildman–Crippen MR) is 43.8 cm³/mol. The zero-order chi connectivity index (χ0) is 9.40. The topological polar surface area (TPSA) is 73.9 Å². The molecule has 1 N–H and O–H groups in total. The molecule has 0 saturated carbocycles. The van der Waals surface area contributed by atoms with Crippen LogP contribution in [0.3, 0.4) is 0 Å². The smallest absolute Gasteiger partial charge is 0.328 e. The minimum Gasteiger partial charge on any atom is -0.464 e. The molecule has 66 valence electrons. The van der Waals surface area contributed by atoms with Crippen molar-refractivity contribution in [1.82, 2.24) is 0 Å². The number of unbranched alkanes of at least 4 members (excludes halogenated alkanes) is 1. The van der Waals surface area contributed by atoms with E-state index in [9.17, 15) is 4.79 Å². The second-order valence-electron chi connectivity index (χ2n) is 2.29. The van der Waals surface area contributed by atoms with Gasteiger partial charge in [0.2, 0.25) is 0 Å². The molecule has 0 spiro atoms. The Kier molecular flexibility index (Phi) is 5.62. The van der Waals surface area contributed by atoms with E-state index in [-0.39, 0.29) is 0 Å². The summed E-state index contributed by atoms with van der Waals surface area (Å²) in [6.07, 6.45) is 2.52. The highest BCUT2D eigenvalue weighted by atomic mass is 16.5. The first kappa shape index (κ1) is 10.6. The summed E-state index contributed by atoms with van der Waals surface area (Å²) in [4.78, 5) is 10.9. The van der Waals surface area contributed by atoms with Gasteiger partial charge in [-0.15, -0.1) is 0 Å². The Balaban J connectivity index is 3.71. The van der Waals surface area contributed by atoms with Crippen molar-refractivity contribution in [2.24, 2.45) is 5.92 Å². The Morgan fingerprint density at radius 1 is 1.83 bits per heavy atom. The maximum Gasteiger partial charge on any atom is 0.328 e.